The molecule has 2 N–H and O–H groups in total. The molecular formula is C33H30N6O2S. The largest absolute Gasteiger partial charge is 0.321 e. The second-order valence-electron chi connectivity index (χ2n) is 9.81. The Balaban J connectivity index is 1.32. The number of hydrogen-bond donors (Lipinski definition) is 2. The van der Waals surface area contributed by atoms with Gasteiger partial charge in [0.2, 0.25) is 0 Å². The van der Waals surface area contributed by atoms with Gasteiger partial charge >= 0.3 is 0 Å². The first kappa shape index (κ1) is 28.5. The predicted molar refractivity (Wildman–Crippen MR) is 166 cm³/mol. The van der Waals surface area contributed by atoms with Crippen LogP contribution >= 0.6 is 11.8 Å². The number of para-hydroxylation sites is 1. The van der Waals surface area contributed by atoms with E-state index in [1.54, 1.807) is 46.8 Å². The maximum atomic E-state index is 13.5. The van der Waals surface area contributed by atoms with E-state index in [1.807, 2.05) is 84.9 Å². The molecule has 5 rings (SSSR count). The van der Waals surface area contributed by atoms with Gasteiger partial charge in [0.15, 0.2) is 5.82 Å². The highest BCUT2D eigenvalue weighted by molar-refractivity contribution is 7.98. The molecule has 0 aliphatic rings. The molecule has 0 spiro atoms. The maximum absolute atomic E-state index is 13.5. The van der Waals surface area contributed by atoms with Crippen LogP contribution in [-0.2, 0) is 10.5 Å². The van der Waals surface area contributed by atoms with E-state index in [1.165, 1.54) is 5.56 Å². The summed E-state index contributed by atoms with van der Waals surface area (Å²) in [6.45, 7) is 4.25. The summed E-state index contributed by atoms with van der Waals surface area (Å²) in [4.78, 5) is 27.4. The Morgan fingerprint density at radius 2 is 1.60 bits per heavy atom. The topological polar surface area (TPSA) is 102 Å². The minimum atomic E-state index is -0.428. The number of anilines is 1. The quantitative estimate of drug-likeness (QED) is 0.146. The van der Waals surface area contributed by atoms with Gasteiger partial charge in [0.1, 0.15) is 5.70 Å². The van der Waals surface area contributed by atoms with E-state index < -0.39 is 5.91 Å². The lowest BCUT2D eigenvalue weighted by molar-refractivity contribution is -0.113. The Bertz CT molecular complexity index is 1680. The molecule has 5 aromatic rings. The average Bonchev–Trinajstić information content (AvgIpc) is 3.50. The first-order chi connectivity index (χ1) is 20.5. The molecule has 8 nitrogen and oxygen atoms in total. The van der Waals surface area contributed by atoms with Crippen LogP contribution in [0.4, 0.5) is 5.69 Å². The van der Waals surface area contributed by atoms with E-state index in [2.05, 4.69) is 40.0 Å². The van der Waals surface area contributed by atoms with Crippen molar-refractivity contribution in [3.63, 3.8) is 0 Å². The Hall–Kier alpha value is -5.02. The molecule has 0 atom stereocenters. The van der Waals surface area contributed by atoms with Gasteiger partial charge in [-0.05, 0) is 76.0 Å². The minimum absolute atomic E-state index is 0.140. The van der Waals surface area contributed by atoms with E-state index in [-0.39, 0.29) is 11.6 Å². The predicted octanol–water partition coefficient (Wildman–Crippen LogP) is 6.49. The van der Waals surface area contributed by atoms with Crippen LogP contribution in [0, 0.1) is 0 Å². The molecule has 0 fully saturated rings. The van der Waals surface area contributed by atoms with E-state index >= 15 is 0 Å². The summed E-state index contributed by atoms with van der Waals surface area (Å²) < 4.78 is 1.71. The fraction of sp³-hybridized carbons (Fsp3) is 0.121. The molecule has 0 saturated heterocycles. The van der Waals surface area contributed by atoms with Crippen LogP contribution in [0.5, 0.6) is 0 Å². The number of aromatic nitrogens is 4. The number of nitrogens with one attached hydrogen (secondary N) is 2. The Labute approximate surface area is 248 Å². The van der Waals surface area contributed by atoms with Crippen molar-refractivity contribution in [2.75, 3.05) is 5.32 Å². The van der Waals surface area contributed by atoms with Gasteiger partial charge in [0.25, 0.3) is 11.8 Å². The number of rotatable bonds is 10. The first-order valence-electron chi connectivity index (χ1n) is 13.5. The monoisotopic (exact) mass is 574 g/mol. The molecule has 9 heteroatoms. The van der Waals surface area contributed by atoms with Crippen LogP contribution in [0.1, 0.15) is 47.1 Å². The Morgan fingerprint density at radius 1 is 0.881 bits per heavy atom. The van der Waals surface area contributed by atoms with Crippen LogP contribution in [0.2, 0.25) is 0 Å². The summed E-state index contributed by atoms with van der Waals surface area (Å²) in [6, 6.07) is 34.0. The molecular weight excluding hydrogens is 544 g/mol. The van der Waals surface area contributed by atoms with Gasteiger partial charge in [-0.1, -0.05) is 80.6 Å². The van der Waals surface area contributed by atoms with Crippen molar-refractivity contribution in [1.82, 2.24) is 25.5 Å². The Morgan fingerprint density at radius 3 is 2.31 bits per heavy atom. The zero-order chi connectivity index (χ0) is 29.3. The van der Waals surface area contributed by atoms with Crippen LogP contribution in [-0.4, -0.2) is 32.0 Å². The SMILES string of the molecule is CC(C)c1ccc(/C=C(/NC(=O)c2ccccc2)C(=O)Nc2cccc(SCc3nnnn3-c3ccccc3)c2)cc1. The normalized spacial score (nSPS) is 11.4. The summed E-state index contributed by atoms with van der Waals surface area (Å²) >= 11 is 1.55. The molecule has 0 bridgehead atoms. The molecule has 2 amide bonds. The third-order valence-corrected chi connectivity index (χ3v) is 7.43. The lowest BCUT2D eigenvalue weighted by Crippen LogP contribution is -2.30. The summed E-state index contributed by atoms with van der Waals surface area (Å²) in [5.41, 5.74) is 4.08. The third-order valence-electron chi connectivity index (χ3n) is 6.44. The highest BCUT2D eigenvalue weighted by Gasteiger charge is 2.16. The van der Waals surface area contributed by atoms with Gasteiger partial charge in [-0.15, -0.1) is 16.9 Å². The van der Waals surface area contributed by atoms with Gasteiger partial charge in [0, 0.05) is 16.1 Å². The number of carbonyl (C=O) groups is 2. The molecule has 4 aromatic carbocycles. The van der Waals surface area contributed by atoms with Gasteiger partial charge in [-0.3, -0.25) is 9.59 Å². The van der Waals surface area contributed by atoms with Crippen molar-refractivity contribution in [1.29, 1.82) is 0 Å². The molecule has 1 heterocycles. The van der Waals surface area contributed by atoms with Crippen LogP contribution < -0.4 is 10.6 Å². The molecule has 0 aliphatic heterocycles. The number of tetrazole rings is 1. The zero-order valence-corrected chi connectivity index (χ0v) is 24.1. The molecule has 1 aromatic heterocycles. The lowest BCUT2D eigenvalue weighted by Gasteiger charge is -2.13. The first-order valence-corrected chi connectivity index (χ1v) is 14.5. The van der Waals surface area contributed by atoms with Crippen molar-refractivity contribution in [3.05, 3.63) is 137 Å². The number of carbonyl (C=O) groups excluding carboxylic acids is 2. The molecule has 42 heavy (non-hydrogen) atoms. The number of benzene rings is 4. The van der Waals surface area contributed by atoms with Gasteiger partial charge in [0.05, 0.1) is 11.4 Å². The summed E-state index contributed by atoms with van der Waals surface area (Å²) in [5, 5.41) is 17.9. The van der Waals surface area contributed by atoms with Gasteiger partial charge in [-0.25, -0.2) is 0 Å². The summed E-state index contributed by atoms with van der Waals surface area (Å²) in [5.74, 6) is 0.834. The maximum Gasteiger partial charge on any atom is 0.272 e. The lowest BCUT2D eigenvalue weighted by atomic mass is 10.0. The van der Waals surface area contributed by atoms with Crippen LogP contribution in [0.15, 0.2) is 120 Å². The van der Waals surface area contributed by atoms with Gasteiger partial charge in [-0.2, -0.15) is 4.68 Å². The summed E-state index contributed by atoms with van der Waals surface area (Å²) in [7, 11) is 0. The van der Waals surface area contributed by atoms with E-state index in [9.17, 15) is 9.59 Å². The molecule has 0 saturated carbocycles. The molecule has 210 valence electrons. The summed E-state index contributed by atoms with van der Waals surface area (Å²) in [6.07, 6.45) is 1.68. The second kappa shape index (κ2) is 13.6. The van der Waals surface area contributed by atoms with Crippen molar-refractivity contribution < 1.29 is 9.59 Å². The highest BCUT2D eigenvalue weighted by Crippen LogP contribution is 2.26. The standard InChI is InChI=1S/C33H30N6O2S/c1-23(2)25-18-16-24(17-19-25)20-30(35-32(40)26-10-5-3-6-11-26)33(41)34-27-12-9-15-29(21-27)42-22-31-36-37-38-39(31)28-13-7-4-8-14-28/h3-21,23H,22H2,1-2H3,(H,34,41)(H,35,40)/b30-20+. The van der Waals surface area contributed by atoms with Crippen LogP contribution in [0.25, 0.3) is 11.8 Å². The fourth-order valence-electron chi connectivity index (χ4n) is 4.16. The molecule has 0 unspecified atom stereocenters. The van der Waals surface area contributed by atoms with Crippen molar-refractivity contribution in [2.24, 2.45) is 0 Å². The van der Waals surface area contributed by atoms with Crippen LogP contribution in [0.3, 0.4) is 0 Å². The third kappa shape index (κ3) is 7.38. The van der Waals surface area contributed by atoms with E-state index in [0.29, 0.717) is 28.7 Å². The fourth-order valence-corrected chi connectivity index (χ4v) is 5.02. The highest BCUT2D eigenvalue weighted by atomic mass is 32.2. The van der Waals surface area contributed by atoms with E-state index in [0.717, 1.165) is 16.1 Å². The average molecular weight is 575 g/mol. The minimum Gasteiger partial charge on any atom is -0.321 e. The van der Waals surface area contributed by atoms with Crippen molar-refractivity contribution in [3.8, 4) is 5.69 Å². The smallest absolute Gasteiger partial charge is 0.272 e. The molecule has 0 radical (unpaired) electrons. The Kier molecular flexibility index (Phi) is 9.20. The number of nitrogens with zero attached hydrogens (tertiary/aromatic N) is 4. The number of hydrogen-bond acceptors (Lipinski definition) is 6. The number of amides is 2. The van der Waals surface area contributed by atoms with Gasteiger partial charge < -0.3 is 10.6 Å². The zero-order valence-electron chi connectivity index (χ0n) is 23.3. The molecule has 0 aliphatic carbocycles. The van der Waals surface area contributed by atoms with Crippen molar-refractivity contribution >= 4 is 35.3 Å². The van der Waals surface area contributed by atoms with Crippen molar-refractivity contribution in [2.45, 2.75) is 30.4 Å². The van der Waals surface area contributed by atoms with E-state index in [4.69, 9.17) is 0 Å². The second-order valence-corrected chi connectivity index (χ2v) is 10.9. The number of thioether (sulfide) groups is 1.